The van der Waals surface area contributed by atoms with Crippen LogP contribution in [0.15, 0.2) is 12.1 Å². The van der Waals surface area contributed by atoms with Crippen LogP contribution in [0.1, 0.15) is 19.3 Å². The lowest BCUT2D eigenvalue weighted by molar-refractivity contribution is 0.173. The second-order valence-electron chi connectivity index (χ2n) is 6.61. The Bertz CT molecular complexity index is 668. The smallest absolute Gasteiger partial charge is 0.200 e. The van der Waals surface area contributed by atoms with Crippen LogP contribution in [-0.2, 0) is 0 Å². The lowest BCUT2D eigenvalue weighted by Gasteiger charge is -2.33. The number of anilines is 1. The molecule has 0 N–H and O–H groups in total. The SMILES string of the molecule is c1cc2nnnn2nc1N1CC2CN3CCCCC3C2C1. The highest BCUT2D eigenvalue weighted by Gasteiger charge is 2.47. The molecule has 21 heavy (non-hydrogen) atoms. The number of fused-ring (bicyclic) bond motifs is 4. The molecule has 3 aliphatic rings. The zero-order chi connectivity index (χ0) is 13.8. The Labute approximate surface area is 122 Å². The summed E-state index contributed by atoms with van der Waals surface area (Å²) in [5.41, 5.74) is 0.705. The summed E-state index contributed by atoms with van der Waals surface area (Å²) in [5, 5.41) is 16.0. The van der Waals surface area contributed by atoms with E-state index in [1.807, 2.05) is 12.1 Å². The third-order valence-electron chi connectivity index (χ3n) is 5.50. The first-order valence-corrected chi connectivity index (χ1v) is 7.93. The first-order valence-electron chi connectivity index (χ1n) is 7.93. The molecule has 0 aromatic carbocycles. The van der Waals surface area contributed by atoms with Crippen molar-refractivity contribution in [3.05, 3.63) is 12.1 Å². The summed E-state index contributed by atoms with van der Waals surface area (Å²) in [4.78, 5) is 5.15. The van der Waals surface area contributed by atoms with Crippen LogP contribution in [0, 0.1) is 11.8 Å². The van der Waals surface area contributed by atoms with Crippen molar-refractivity contribution in [2.45, 2.75) is 25.3 Å². The molecule has 0 bridgehead atoms. The summed E-state index contributed by atoms with van der Waals surface area (Å²) < 4.78 is 1.52. The number of nitrogens with zero attached hydrogens (tertiary/aromatic N) is 7. The summed E-state index contributed by atoms with van der Waals surface area (Å²) in [6.07, 6.45) is 4.17. The molecule has 3 unspecified atom stereocenters. The molecule has 3 fully saturated rings. The van der Waals surface area contributed by atoms with Crippen molar-refractivity contribution in [1.82, 2.24) is 30.2 Å². The Morgan fingerprint density at radius 2 is 2.10 bits per heavy atom. The molecule has 110 valence electrons. The van der Waals surface area contributed by atoms with Gasteiger partial charge in [-0.25, -0.2) is 0 Å². The molecular formula is C14H19N7. The van der Waals surface area contributed by atoms with Crippen LogP contribution in [0.5, 0.6) is 0 Å². The van der Waals surface area contributed by atoms with Gasteiger partial charge in [-0.2, -0.15) is 0 Å². The number of piperidine rings is 1. The molecule has 0 radical (unpaired) electrons. The van der Waals surface area contributed by atoms with Gasteiger partial charge in [0.1, 0.15) is 0 Å². The fourth-order valence-corrected chi connectivity index (χ4v) is 4.55. The molecule has 0 saturated carbocycles. The van der Waals surface area contributed by atoms with Gasteiger partial charge in [0.05, 0.1) is 0 Å². The van der Waals surface area contributed by atoms with E-state index < -0.39 is 0 Å². The highest BCUT2D eigenvalue weighted by Crippen LogP contribution is 2.41. The van der Waals surface area contributed by atoms with Crippen LogP contribution in [-0.4, -0.2) is 62.4 Å². The van der Waals surface area contributed by atoms with E-state index in [0.29, 0.717) is 5.65 Å². The fourth-order valence-electron chi connectivity index (χ4n) is 4.55. The minimum Gasteiger partial charge on any atom is -0.354 e. The van der Waals surface area contributed by atoms with Gasteiger partial charge in [0.25, 0.3) is 0 Å². The molecule has 0 spiro atoms. The Morgan fingerprint density at radius 1 is 1.10 bits per heavy atom. The van der Waals surface area contributed by atoms with Gasteiger partial charge in [-0.15, -0.1) is 14.8 Å². The topological polar surface area (TPSA) is 62.5 Å². The average Bonchev–Trinajstić information content (AvgIpc) is 3.19. The van der Waals surface area contributed by atoms with Crippen molar-refractivity contribution in [2.75, 3.05) is 31.1 Å². The van der Waals surface area contributed by atoms with Crippen molar-refractivity contribution in [1.29, 1.82) is 0 Å². The maximum atomic E-state index is 4.54. The second-order valence-corrected chi connectivity index (χ2v) is 6.61. The fraction of sp³-hybridized carbons (Fsp3) is 0.714. The van der Waals surface area contributed by atoms with E-state index in [0.717, 1.165) is 36.8 Å². The minimum atomic E-state index is 0.705. The summed E-state index contributed by atoms with van der Waals surface area (Å²) in [6.45, 7) is 4.84. The van der Waals surface area contributed by atoms with E-state index in [1.54, 1.807) is 0 Å². The summed E-state index contributed by atoms with van der Waals surface area (Å²) in [6, 6.07) is 4.81. The average molecular weight is 285 g/mol. The molecule has 2 aromatic heterocycles. The van der Waals surface area contributed by atoms with Gasteiger partial charge in [0, 0.05) is 25.7 Å². The number of rotatable bonds is 1. The van der Waals surface area contributed by atoms with E-state index >= 15 is 0 Å². The maximum Gasteiger partial charge on any atom is 0.200 e. The van der Waals surface area contributed by atoms with Crippen LogP contribution < -0.4 is 4.90 Å². The summed E-state index contributed by atoms with van der Waals surface area (Å²) in [7, 11) is 0. The molecule has 3 atom stereocenters. The first kappa shape index (κ1) is 11.9. The van der Waals surface area contributed by atoms with Crippen molar-refractivity contribution < 1.29 is 0 Å². The molecule has 0 amide bonds. The zero-order valence-electron chi connectivity index (χ0n) is 12.0. The van der Waals surface area contributed by atoms with E-state index in [-0.39, 0.29) is 0 Å². The third-order valence-corrected chi connectivity index (χ3v) is 5.50. The number of tetrazole rings is 1. The van der Waals surface area contributed by atoms with Crippen molar-refractivity contribution >= 4 is 11.5 Å². The van der Waals surface area contributed by atoms with Gasteiger partial charge in [0.2, 0.25) is 0 Å². The Morgan fingerprint density at radius 3 is 3.10 bits per heavy atom. The molecule has 7 nitrogen and oxygen atoms in total. The van der Waals surface area contributed by atoms with Crippen molar-refractivity contribution in [2.24, 2.45) is 11.8 Å². The highest BCUT2D eigenvalue weighted by atomic mass is 15.6. The molecule has 2 aromatic rings. The lowest BCUT2D eigenvalue weighted by atomic mass is 9.90. The highest BCUT2D eigenvalue weighted by molar-refractivity contribution is 5.45. The van der Waals surface area contributed by atoms with Crippen LogP contribution in [0.4, 0.5) is 5.82 Å². The first-order chi connectivity index (χ1) is 10.4. The molecule has 3 aliphatic heterocycles. The molecule has 5 heterocycles. The van der Waals surface area contributed by atoms with Crippen LogP contribution >= 0.6 is 0 Å². The second kappa shape index (κ2) is 4.37. The minimum absolute atomic E-state index is 0.705. The van der Waals surface area contributed by atoms with Crippen molar-refractivity contribution in [3.63, 3.8) is 0 Å². The van der Waals surface area contributed by atoms with E-state index in [4.69, 9.17) is 0 Å². The predicted molar refractivity (Wildman–Crippen MR) is 77.0 cm³/mol. The quantitative estimate of drug-likeness (QED) is 0.757. The Balaban J connectivity index is 1.40. The molecular weight excluding hydrogens is 266 g/mol. The van der Waals surface area contributed by atoms with E-state index in [2.05, 4.69) is 30.4 Å². The summed E-state index contributed by atoms with van der Waals surface area (Å²) >= 11 is 0. The Kier molecular flexibility index (Phi) is 2.46. The zero-order valence-corrected chi connectivity index (χ0v) is 12.0. The molecule has 0 aliphatic carbocycles. The standard InChI is InChI=1S/C14H19N7/c1-2-6-19-7-10-8-20(9-11(10)12(19)3-1)14-5-4-13-15-17-18-21(13)16-14/h4-5,10-12H,1-3,6-9H2. The van der Waals surface area contributed by atoms with E-state index in [9.17, 15) is 0 Å². The maximum absolute atomic E-state index is 4.54. The van der Waals surface area contributed by atoms with Crippen LogP contribution in [0.2, 0.25) is 0 Å². The van der Waals surface area contributed by atoms with Crippen LogP contribution in [0.25, 0.3) is 5.65 Å². The third kappa shape index (κ3) is 1.76. The van der Waals surface area contributed by atoms with E-state index in [1.165, 1.54) is 37.0 Å². The number of hydrogen-bond donors (Lipinski definition) is 0. The van der Waals surface area contributed by atoms with Gasteiger partial charge in [-0.1, -0.05) is 6.42 Å². The van der Waals surface area contributed by atoms with Gasteiger partial charge in [0.15, 0.2) is 11.5 Å². The number of hydrogen-bond acceptors (Lipinski definition) is 6. The predicted octanol–water partition coefficient (Wildman–Crippen LogP) is 0.440. The van der Waals surface area contributed by atoms with Crippen molar-refractivity contribution in [3.8, 4) is 0 Å². The normalized spacial score (nSPS) is 32.6. The molecule has 5 rings (SSSR count). The van der Waals surface area contributed by atoms with Gasteiger partial charge >= 0.3 is 0 Å². The molecule has 7 heteroatoms. The van der Waals surface area contributed by atoms with Gasteiger partial charge < -0.3 is 4.90 Å². The molecule has 3 saturated heterocycles. The summed E-state index contributed by atoms with van der Waals surface area (Å²) in [5.74, 6) is 2.63. The Hall–Kier alpha value is -1.76. The monoisotopic (exact) mass is 285 g/mol. The largest absolute Gasteiger partial charge is 0.354 e. The number of aromatic nitrogens is 5. The van der Waals surface area contributed by atoms with Gasteiger partial charge in [-0.3, -0.25) is 4.90 Å². The van der Waals surface area contributed by atoms with Gasteiger partial charge in [-0.05, 0) is 53.8 Å². The lowest BCUT2D eigenvalue weighted by Crippen LogP contribution is -2.40. The van der Waals surface area contributed by atoms with Crippen LogP contribution in [0.3, 0.4) is 0 Å².